The van der Waals surface area contributed by atoms with Crippen molar-refractivity contribution in [2.75, 3.05) is 0 Å². The van der Waals surface area contributed by atoms with Crippen molar-refractivity contribution in [3.8, 4) is 16.9 Å². The molecule has 0 aliphatic heterocycles. The van der Waals surface area contributed by atoms with Crippen molar-refractivity contribution in [1.29, 1.82) is 0 Å². The quantitative estimate of drug-likeness (QED) is 0.157. The first-order valence-electron chi connectivity index (χ1n) is 11.0. The monoisotopic (exact) mass is 480 g/mol. The van der Waals surface area contributed by atoms with E-state index in [2.05, 4.69) is 9.72 Å². The van der Waals surface area contributed by atoms with Gasteiger partial charge in [0.1, 0.15) is 12.4 Å². The van der Waals surface area contributed by atoms with Gasteiger partial charge in [-0.15, -0.1) is 0 Å². The van der Waals surface area contributed by atoms with Gasteiger partial charge in [0, 0.05) is 16.9 Å². The number of aryl methyl sites for hydroxylation is 1. The molecule has 0 unspecified atom stereocenters. The molecule has 1 heterocycles. The Morgan fingerprint density at radius 1 is 0.914 bits per heavy atom. The fourth-order valence-corrected chi connectivity index (χ4v) is 3.92. The van der Waals surface area contributed by atoms with Crippen molar-refractivity contribution in [3.63, 3.8) is 0 Å². The summed E-state index contributed by atoms with van der Waals surface area (Å²) in [5.74, 6) is -0.320. The average molecular weight is 481 g/mol. The van der Waals surface area contributed by atoms with E-state index in [1.165, 1.54) is 18.2 Å². The summed E-state index contributed by atoms with van der Waals surface area (Å²) in [4.78, 5) is 5.41. The smallest absolute Gasteiger partial charge is 0.391 e. The SMILES string of the molecule is C/C(=N/OCc1cccc(C(F)(F)F)c1)c1cc(-c2ccc(F)cc2)n(-c2ccc(C)cc2)c1C. The van der Waals surface area contributed by atoms with E-state index >= 15 is 0 Å². The number of halogens is 4. The zero-order chi connectivity index (χ0) is 25.2. The molecule has 0 radical (unpaired) electrons. The number of rotatable bonds is 6. The summed E-state index contributed by atoms with van der Waals surface area (Å²) in [6.45, 7) is 5.65. The van der Waals surface area contributed by atoms with Crippen LogP contribution < -0.4 is 0 Å². The van der Waals surface area contributed by atoms with Gasteiger partial charge in [-0.2, -0.15) is 13.2 Å². The Morgan fingerprint density at radius 2 is 1.60 bits per heavy atom. The summed E-state index contributed by atoms with van der Waals surface area (Å²) in [6.07, 6.45) is -4.41. The molecule has 1 aromatic heterocycles. The van der Waals surface area contributed by atoms with Gasteiger partial charge in [0.2, 0.25) is 0 Å². The lowest BCUT2D eigenvalue weighted by Gasteiger charge is -2.13. The maximum atomic E-state index is 13.5. The lowest BCUT2D eigenvalue weighted by Crippen LogP contribution is -2.05. The molecule has 4 aromatic rings. The van der Waals surface area contributed by atoms with Crippen molar-refractivity contribution in [1.82, 2.24) is 4.57 Å². The fourth-order valence-electron chi connectivity index (χ4n) is 3.92. The number of hydrogen-bond acceptors (Lipinski definition) is 2. The number of hydrogen-bond donors (Lipinski definition) is 0. The Morgan fingerprint density at radius 3 is 2.26 bits per heavy atom. The van der Waals surface area contributed by atoms with Gasteiger partial charge in [-0.05, 0) is 86.5 Å². The van der Waals surface area contributed by atoms with Crippen LogP contribution in [0.1, 0.15) is 34.9 Å². The summed E-state index contributed by atoms with van der Waals surface area (Å²) < 4.78 is 54.5. The van der Waals surface area contributed by atoms with Crippen LogP contribution in [0.2, 0.25) is 0 Å². The number of benzene rings is 3. The Bertz CT molecular complexity index is 1350. The first kappa shape index (κ1) is 24.3. The van der Waals surface area contributed by atoms with E-state index in [9.17, 15) is 17.6 Å². The van der Waals surface area contributed by atoms with Crippen LogP contribution in [0.3, 0.4) is 0 Å². The zero-order valence-electron chi connectivity index (χ0n) is 19.5. The van der Waals surface area contributed by atoms with E-state index in [-0.39, 0.29) is 12.4 Å². The van der Waals surface area contributed by atoms with E-state index in [4.69, 9.17) is 4.84 Å². The van der Waals surface area contributed by atoms with Gasteiger partial charge in [-0.3, -0.25) is 0 Å². The first-order chi connectivity index (χ1) is 16.6. The van der Waals surface area contributed by atoms with E-state index in [0.717, 1.165) is 45.9 Å². The highest BCUT2D eigenvalue weighted by Gasteiger charge is 2.30. The Hall–Kier alpha value is -3.87. The summed E-state index contributed by atoms with van der Waals surface area (Å²) >= 11 is 0. The van der Waals surface area contributed by atoms with Crippen molar-refractivity contribution in [3.05, 3.63) is 113 Å². The molecule has 0 N–H and O–H groups in total. The zero-order valence-corrected chi connectivity index (χ0v) is 19.5. The number of nitrogens with zero attached hydrogens (tertiary/aromatic N) is 2. The number of alkyl halides is 3. The third-order valence-corrected chi connectivity index (χ3v) is 5.76. The average Bonchev–Trinajstić information content (AvgIpc) is 3.17. The molecule has 0 aliphatic carbocycles. The van der Waals surface area contributed by atoms with Crippen LogP contribution in [0, 0.1) is 19.7 Å². The van der Waals surface area contributed by atoms with Gasteiger partial charge in [-0.25, -0.2) is 4.39 Å². The molecule has 0 fully saturated rings. The maximum absolute atomic E-state index is 13.5. The van der Waals surface area contributed by atoms with Crippen LogP contribution >= 0.6 is 0 Å². The summed E-state index contributed by atoms with van der Waals surface area (Å²) in [6, 6.07) is 21.2. The molecule has 0 atom stereocenters. The second-order valence-corrected chi connectivity index (χ2v) is 8.35. The third kappa shape index (κ3) is 5.45. The Kier molecular flexibility index (Phi) is 6.78. The normalized spacial score (nSPS) is 12.1. The molecule has 35 heavy (non-hydrogen) atoms. The number of oxime groups is 1. The molecule has 0 amide bonds. The van der Waals surface area contributed by atoms with Crippen molar-refractivity contribution in [2.45, 2.75) is 33.6 Å². The molecule has 0 aliphatic rings. The number of aromatic nitrogens is 1. The minimum atomic E-state index is -4.41. The predicted molar refractivity (Wildman–Crippen MR) is 129 cm³/mol. The maximum Gasteiger partial charge on any atom is 0.416 e. The highest BCUT2D eigenvalue weighted by atomic mass is 19.4. The molecule has 0 bridgehead atoms. The van der Waals surface area contributed by atoms with Crippen LogP contribution in [0.25, 0.3) is 16.9 Å². The predicted octanol–water partition coefficient (Wildman–Crippen LogP) is 7.86. The van der Waals surface area contributed by atoms with Crippen LogP contribution in [0.4, 0.5) is 17.6 Å². The van der Waals surface area contributed by atoms with Crippen LogP contribution in [0.5, 0.6) is 0 Å². The van der Waals surface area contributed by atoms with Gasteiger partial charge in [-0.1, -0.05) is 35.0 Å². The lowest BCUT2D eigenvalue weighted by molar-refractivity contribution is -0.137. The lowest BCUT2D eigenvalue weighted by atomic mass is 10.1. The largest absolute Gasteiger partial charge is 0.416 e. The molecule has 3 nitrogen and oxygen atoms in total. The molecule has 3 aromatic carbocycles. The fraction of sp³-hybridized carbons (Fsp3) is 0.179. The van der Waals surface area contributed by atoms with Crippen molar-refractivity contribution < 1.29 is 22.4 Å². The molecule has 0 saturated heterocycles. The van der Waals surface area contributed by atoms with Gasteiger partial charge in [0.05, 0.1) is 17.0 Å². The summed E-state index contributed by atoms with van der Waals surface area (Å²) in [7, 11) is 0. The van der Waals surface area contributed by atoms with E-state index in [1.54, 1.807) is 25.1 Å². The van der Waals surface area contributed by atoms with Crippen LogP contribution in [-0.2, 0) is 17.6 Å². The second-order valence-electron chi connectivity index (χ2n) is 8.35. The Labute approximate surface area is 201 Å². The molecule has 7 heteroatoms. The van der Waals surface area contributed by atoms with Crippen LogP contribution in [0.15, 0.2) is 84.0 Å². The minimum Gasteiger partial charge on any atom is -0.391 e. The topological polar surface area (TPSA) is 26.5 Å². The van der Waals surface area contributed by atoms with Gasteiger partial charge < -0.3 is 9.40 Å². The van der Waals surface area contributed by atoms with Crippen molar-refractivity contribution in [2.24, 2.45) is 5.16 Å². The van der Waals surface area contributed by atoms with Gasteiger partial charge in [0.15, 0.2) is 0 Å². The van der Waals surface area contributed by atoms with E-state index < -0.39 is 11.7 Å². The molecule has 0 spiro atoms. The molecule has 0 saturated carbocycles. The van der Waals surface area contributed by atoms with E-state index in [1.807, 2.05) is 44.2 Å². The second kappa shape index (κ2) is 9.78. The van der Waals surface area contributed by atoms with Crippen LogP contribution in [-0.4, -0.2) is 10.3 Å². The Balaban J connectivity index is 1.66. The van der Waals surface area contributed by atoms with E-state index in [0.29, 0.717) is 11.3 Å². The van der Waals surface area contributed by atoms with Gasteiger partial charge in [0.25, 0.3) is 0 Å². The molecule has 4 rings (SSSR count). The third-order valence-electron chi connectivity index (χ3n) is 5.76. The molecule has 180 valence electrons. The van der Waals surface area contributed by atoms with Crippen molar-refractivity contribution >= 4 is 5.71 Å². The molecular weight excluding hydrogens is 456 g/mol. The summed E-state index contributed by atoms with van der Waals surface area (Å²) in [5.41, 5.74) is 5.69. The highest BCUT2D eigenvalue weighted by Crippen LogP contribution is 2.31. The molecular formula is C28H24F4N2O. The standard InChI is InChI=1S/C28H24F4N2O/c1-18-7-13-25(14-8-18)34-20(3)26(16-27(34)22-9-11-24(29)12-10-22)19(2)33-35-17-21-5-4-6-23(15-21)28(30,31)32/h4-16H,17H2,1-3H3/b33-19-. The highest BCUT2D eigenvalue weighted by molar-refractivity contribution is 6.01. The van der Waals surface area contributed by atoms with Gasteiger partial charge >= 0.3 is 6.18 Å². The minimum absolute atomic E-state index is 0.0935. The first-order valence-corrected chi connectivity index (χ1v) is 11.0. The summed E-state index contributed by atoms with van der Waals surface area (Å²) in [5, 5.41) is 4.17.